The first-order valence-electron chi connectivity index (χ1n) is 5.67. The van der Waals surface area contributed by atoms with E-state index in [0.29, 0.717) is 6.54 Å². The number of piperazine rings is 1. The zero-order chi connectivity index (χ0) is 12.9. The molecular formula is C11H20N4OS. The lowest BCUT2D eigenvalue weighted by Gasteiger charge is -2.37. The topological polar surface area (TPSA) is 62.9 Å². The minimum absolute atomic E-state index is 0.648. The Balaban J connectivity index is 2.46. The first kappa shape index (κ1) is 14.3. The van der Waals surface area contributed by atoms with Gasteiger partial charge in [-0.1, -0.05) is 11.8 Å². The molecule has 96 valence electrons. The highest BCUT2D eigenvalue weighted by Gasteiger charge is 2.23. The summed E-state index contributed by atoms with van der Waals surface area (Å²) in [5.74, 6) is 0. The highest BCUT2D eigenvalue weighted by atomic mass is 32.2. The Bertz CT molecular complexity index is 310. The third-order valence-electron chi connectivity index (χ3n) is 2.58. The van der Waals surface area contributed by atoms with Gasteiger partial charge in [-0.25, -0.2) is 0 Å². The third kappa shape index (κ3) is 4.94. The van der Waals surface area contributed by atoms with E-state index in [1.807, 2.05) is 26.3 Å². The minimum Gasteiger partial charge on any atom is -0.389 e. The Hall–Kier alpha value is -0.770. The molecule has 0 spiro atoms. The van der Waals surface area contributed by atoms with Crippen molar-refractivity contribution in [3.8, 4) is 6.19 Å². The maximum atomic E-state index is 9.75. The van der Waals surface area contributed by atoms with E-state index in [4.69, 9.17) is 5.26 Å². The summed E-state index contributed by atoms with van der Waals surface area (Å²) in [6, 6.07) is 0. The van der Waals surface area contributed by atoms with Crippen LogP contribution < -0.4 is 0 Å². The zero-order valence-corrected chi connectivity index (χ0v) is 11.5. The predicted octanol–water partition coefficient (Wildman–Crippen LogP) is 0.575. The van der Waals surface area contributed by atoms with E-state index in [0.717, 1.165) is 31.3 Å². The molecule has 0 aromatic rings. The van der Waals surface area contributed by atoms with Gasteiger partial charge >= 0.3 is 0 Å². The van der Waals surface area contributed by atoms with Gasteiger partial charge in [0, 0.05) is 32.7 Å². The van der Waals surface area contributed by atoms with Gasteiger partial charge in [-0.15, -0.1) is 4.99 Å². The van der Waals surface area contributed by atoms with Crippen molar-refractivity contribution >= 4 is 16.9 Å². The van der Waals surface area contributed by atoms with Gasteiger partial charge in [-0.05, 0) is 20.1 Å². The summed E-state index contributed by atoms with van der Waals surface area (Å²) in [4.78, 5) is 8.17. The number of hydrogen-bond acceptors (Lipinski definition) is 5. The van der Waals surface area contributed by atoms with E-state index in [-0.39, 0.29) is 0 Å². The van der Waals surface area contributed by atoms with Crippen molar-refractivity contribution in [1.82, 2.24) is 9.80 Å². The normalized spacial score (nSPS) is 19.2. The van der Waals surface area contributed by atoms with Crippen molar-refractivity contribution in [1.29, 1.82) is 5.26 Å². The minimum atomic E-state index is -0.648. The molecule has 0 aromatic heterocycles. The second kappa shape index (κ2) is 6.24. The van der Waals surface area contributed by atoms with Crippen LogP contribution in [0.15, 0.2) is 4.99 Å². The van der Waals surface area contributed by atoms with Crippen LogP contribution in [0.1, 0.15) is 13.8 Å². The van der Waals surface area contributed by atoms with E-state index in [2.05, 4.69) is 14.8 Å². The lowest BCUT2D eigenvalue weighted by atomic mass is 10.1. The molecule has 17 heavy (non-hydrogen) atoms. The average Bonchev–Trinajstić information content (AvgIpc) is 2.25. The number of amidine groups is 1. The average molecular weight is 256 g/mol. The van der Waals surface area contributed by atoms with Crippen LogP contribution in [0.5, 0.6) is 0 Å². The van der Waals surface area contributed by atoms with E-state index >= 15 is 0 Å². The summed E-state index contributed by atoms with van der Waals surface area (Å²) in [6.45, 7) is 7.84. The second-order valence-electron chi connectivity index (χ2n) is 4.77. The molecule has 0 unspecified atom stereocenters. The van der Waals surface area contributed by atoms with Crippen molar-refractivity contribution in [2.75, 3.05) is 39.0 Å². The fraction of sp³-hybridized carbons (Fsp3) is 0.818. The molecule has 1 rings (SSSR count). The molecule has 6 heteroatoms. The molecule has 0 aliphatic carbocycles. The molecule has 0 saturated carbocycles. The molecular weight excluding hydrogens is 236 g/mol. The fourth-order valence-electron chi connectivity index (χ4n) is 1.93. The number of aliphatic hydroxyl groups is 1. The molecule has 0 aromatic carbocycles. The van der Waals surface area contributed by atoms with Crippen molar-refractivity contribution in [3.05, 3.63) is 0 Å². The standard InChI is InChI=1S/C11H20N4OS/c1-11(2,16)8-14-4-6-15(7-5-14)10(17-3)13-9-12/h16H,4-8H2,1-3H3. The van der Waals surface area contributed by atoms with Crippen LogP contribution in [0.3, 0.4) is 0 Å². The maximum Gasteiger partial charge on any atom is 0.208 e. The summed E-state index contributed by atoms with van der Waals surface area (Å²) >= 11 is 1.50. The van der Waals surface area contributed by atoms with Crippen molar-refractivity contribution in [2.45, 2.75) is 19.4 Å². The molecule has 1 aliphatic heterocycles. The number of β-amino-alcohol motifs (C(OH)–C–C–N with tert-alkyl or cyclic N) is 1. The number of nitriles is 1. The summed E-state index contributed by atoms with van der Waals surface area (Å²) in [5, 5.41) is 19.1. The summed E-state index contributed by atoms with van der Waals surface area (Å²) in [6.07, 6.45) is 3.77. The Morgan fingerprint density at radius 1 is 1.41 bits per heavy atom. The molecule has 0 amide bonds. The third-order valence-corrected chi connectivity index (χ3v) is 3.30. The fourth-order valence-corrected chi connectivity index (χ4v) is 2.51. The first-order chi connectivity index (χ1) is 7.96. The Kier molecular flexibility index (Phi) is 5.25. The Labute approximate surface area is 107 Å². The first-order valence-corrected chi connectivity index (χ1v) is 6.89. The van der Waals surface area contributed by atoms with Crippen LogP contribution in [-0.2, 0) is 0 Å². The van der Waals surface area contributed by atoms with Crippen molar-refractivity contribution < 1.29 is 5.11 Å². The quantitative estimate of drug-likeness (QED) is 0.445. The van der Waals surface area contributed by atoms with Crippen LogP contribution in [0, 0.1) is 11.5 Å². The van der Waals surface area contributed by atoms with Crippen LogP contribution in [-0.4, -0.2) is 64.7 Å². The smallest absolute Gasteiger partial charge is 0.208 e. The van der Waals surface area contributed by atoms with Crippen molar-refractivity contribution in [2.24, 2.45) is 4.99 Å². The molecule has 1 saturated heterocycles. The summed E-state index contributed by atoms with van der Waals surface area (Å²) < 4.78 is 0. The highest BCUT2D eigenvalue weighted by molar-refractivity contribution is 8.13. The van der Waals surface area contributed by atoms with Gasteiger partial charge in [-0.3, -0.25) is 4.90 Å². The van der Waals surface area contributed by atoms with Gasteiger partial charge < -0.3 is 10.0 Å². The van der Waals surface area contributed by atoms with Crippen LogP contribution in [0.2, 0.25) is 0 Å². The molecule has 1 heterocycles. The van der Waals surface area contributed by atoms with Crippen LogP contribution >= 0.6 is 11.8 Å². The molecule has 5 nitrogen and oxygen atoms in total. The second-order valence-corrected chi connectivity index (χ2v) is 5.55. The lowest BCUT2D eigenvalue weighted by molar-refractivity contribution is 0.0254. The van der Waals surface area contributed by atoms with Gasteiger partial charge in [0.05, 0.1) is 5.60 Å². The largest absolute Gasteiger partial charge is 0.389 e. The number of thioether (sulfide) groups is 1. The monoisotopic (exact) mass is 256 g/mol. The van der Waals surface area contributed by atoms with Gasteiger partial charge in [-0.2, -0.15) is 5.26 Å². The number of aliphatic imine (C=N–C) groups is 1. The predicted molar refractivity (Wildman–Crippen MR) is 70.9 cm³/mol. The molecule has 0 atom stereocenters. The number of hydrogen-bond donors (Lipinski definition) is 1. The number of rotatable bonds is 2. The lowest BCUT2D eigenvalue weighted by Crippen LogP contribution is -2.51. The van der Waals surface area contributed by atoms with E-state index in [1.165, 1.54) is 11.8 Å². The van der Waals surface area contributed by atoms with Crippen LogP contribution in [0.4, 0.5) is 0 Å². The van der Waals surface area contributed by atoms with Gasteiger partial charge in [0.15, 0.2) is 5.17 Å². The Morgan fingerprint density at radius 3 is 2.41 bits per heavy atom. The summed E-state index contributed by atoms with van der Waals surface area (Å²) in [7, 11) is 0. The maximum absolute atomic E-state index is 9.75. The molecule has 1 fully saturated rings. The molecule has 0 radical (unpaired) electrons. The number of nitrogens with zero attached hydrogens (tertiary/aromatic N) is 4. The van der Waals surface area contributed by atoms with E-state index in [9.17, 15) is 5.11 Å². The van der Waals surface area contributed by atoms with Gasteiger partial charge in [0.1, 0.15) is 0 Å². The summed E-state index contributed by atoms with van der Waals surface area (Å²) in [5.41, 5.74) is -0.648. The molecule has 1 aliphatic rings. The zero-order valence-electron chi connectivity index (χ0n) is 10.7. The van der Waals surface area contributed by atoms with Crippen LogP contribution in [0.25, 0.3) is 0 Å². The molecule has 0 bridgehead atoms. The van der Waals surface area contributed by atoms with E-state index < -0.39 is 5.60 Å². The van der Waals surface area contributed by atoms with Gasteiger partial charge in [0.25, 0.3) is 0 Å². The highest BCUT2D eigenvalue weighted by Crippen LogP contribution is 2.12. The van der Waals surface area contributed by atoms with Crippen molar-refractivity contribution in [3.63, 3.8) is 0 Å². The van der Waals surface area contributed by atoms with Gasteiger partial charge in [0.2, 0.25) is 6.19 Å². The Morgan fingerprint density at radius 2 is 2.00 bits per heavy atom. The van der Waals surface area contributed by atoms with E-state index in [1.54, 1.807) is 0 Å². The molecule has 1 N–H and O–H groups in total. The SMILES string of the molecule is CSC(=NC#N)N1CCN(CC(C)(C)O)CC1.